The van der Waals surface area contributed by atoms with Crippen LogP contribution >= 0.6 is 0 Å². The van der Waals surface area contributed by atoms with E-state index in [1.807, 2.05) is 0 Å². The summed E-state index contributed by atoms with van der Waals surface area (Å²) in [6, 6.07) is 6.36. The second-order valence-corrected chi connectivity index (χ2v) is 11.3. The molecule has 1 aliphatic carbocycles. The van der Waals surface area contributed by atoms with Crippen molar-refractivity contribution >= 4 is 44.2 Å². The predicted molar refractivity (Wildman–Crippen MR) is 135 cm³/mol. The highest BCUT2D eigenvalue weighted by molar-refractivity contribution is 7.89. The number of carboxylic acid groups (broad SMARTS) is 1. The molecular weight excluding hydrogens is 522 g/mol. The van der Waals surface area contributed by atoms with Crippen molar-refractivity contribution in [1.82, 2.24) is 8.87 Å². The number of nitrogens with zero attached hydrogens (tertiary/aromatic N) is 3. The molecule has 2 fully saturated rings. The predicted octanol–water partition coefficient (Wildman–Crippen LogP) is 2.78. The maximum Gasteiger partial charge on any atom is 0.341 e. The number of benzene rings is 2. The third-order valence-electron chi connectivity index (χ3n) is 6.72. The van der Waals surface area contributed by atoms with Gasteiger partial charge in [-0.3, -0.25) is 9.59 Å². The summed E-state index contributed by atoms with van der Waals surface area (Å²) in [5.74, 6) is -3.77. The number of piperazine rings is 1. The Morgan fingerprint density at radius 2 is 1.68 bits per heavy atom. The minimum Gasteiger partial charge on any atom is -0.477 e. The minimum atomic E-state index is -3.89. The van der Waals surface area contributed by atoms with Gasteiger partial charge < -0.3 is 19.9 Å². The average Bonchev–Trinajstić information content (AvgIpc) is 3.70. The molecule has 2 N–H and O–H groups in total. The lowest BCUT2D eigenvalue weighted by atomic mass is 10.1. The van der Waals surface area contributed by atoms with E-state index in [0.29, 0.717) is 18.5 Å². The van der Waals surface area contributed by atoms with Crippen molar-refractivity contribution in [2.45, 2.75) is 30.7 Å². The maximum atomic E-state index is 15.8. The Bertz CT molecular complexity index is 1630. The SMILES string of the molecule is CC(=O)Nc1ccc(S(=O)(=O)N2CCN(c3c(F)cc4c(=O)c(C(=O)O)cn(C5CC5)c4c3F)CC2)cc1. The molecule has 0 radical (unpaired) electrons. The zero-order chi connectivity index (χ0) is 27.4. The molecule has 1 aliphatic heterocycles. The second kappa shape index (κ2) is 9.48. The van der Waals surface area contributed by atoms with Crippen LogP contribution in [0.15, 0.2) is 46.2 Å². The second-order valence-electron chi connectivity index (χ2n) is 9.33. The molecule has 0 unspecified atom stereocenters. The summed E-state index contributed by atoms with van der Waals surface area (Å²) in [6.45, 7) is 1.23. The third-order valence-corrected chi connectivity index (χ3v) is 8.63. The molecule has 2 heterocycles. The number of rotatable bonds is 6. The summed E-state index contributed by atoms with van der Waals surface area (Å²) >= 11 is 0. The molecule has 0 spiro atoms. The number of fused-ring (bicyclic) bond motifs is 1. The van der Waals surface area contributed by atoms with Gasteiger partial charge in [-0.15, -0.1) is 0 Å². The summed E-state index contributed by atoms with van der Waals surface area (Å²) in [4.78, 5) is 36.8. The maximum absolute atomic E-state index is 15.8. The fraction of sp³-hybridized carbons (Fsp3) is 0.320. The van der Waals surface area contributed by atoms with Gasteiger partial charge in [-0.1, -0.05) is 0 Å². The Morgan fingerprint density at radius 1 is 1.05 bits per heavy atom. The van der Waals surface area contributed by atoms with Gasteiger partial charge in [0.25, 0.3) is 0 Å². The van der Waals surface area contributed by atoms with Gasteiger partial charge in [0.1, 0.15) is 17.1 Å². The first-order valence-corrected chi connectivity index (χ1v) is 13.4. The van der Waals surface area contributed by atoms with Crippen LogP contribution in [0.2, 0.25) is 0 Å². The van der Waals surface area contributed by atoms with Crippen molar-refractivity contribution in [2.24, 2.45) is 0 Å². The molecule has 200 valence electrons. The number of halogens is 2. The smallest absolute Gasteiger partial charge is 0.341 e. The molecule has 10 nitrogen and oxygen atoms in total. The molecule has 3 aromatic rings. The fourth-order valence-electron chi connectivity index (χ4n) is 4.73. The van der Waals surface area contributed by atoms with Crippen LogP contribution in [-0.2, 0) is 14.8 Å². The first-order valence-electron chi connectivity index (χ1n) is 11.9. The van der Waals surface area contributed by atoms with Crippen molar-refractivity contribution < 1.29 is 31.9 Å². The molecule has 38 heavy (non-hydrogen) atoms. The molecule has 1 saturated carbocycles. The first-order chi connectivity index (χ1) is 18.0. The topological polar surface area (TPSA) is 129 Å². The van der Waals surface area contributed by atoms with Crippen LogP contribution in [0.5, 0.6) is 0 Å². The van der Waals surface area contributed by atoms with E-state index < -0.39 is 38.6 Å². The van der Waals surface area contributed by atoms with Crippen molar-refractivity contribution in [2.75, 3.05) is 36.4 Å². The number of carbonyl (C=O) groups excluding carboxylic acids is 1. The molecule has 1 saturated heterocycles. The molecule has 0 bridgehead atoms. The van der Waals surface area contributed by atoms with E-state index in [-0.39, 0.29) is 59.6 Å². The van der Waals surface area contributed by atoms with E-state index in [9.17, 15) is 27.9 Å². The number of carboxylic acids is 1. The van der Waals surface area contributed by atoms with Crippen LogP contribution < -0.4 is 15.6 Å². The highest BCUT2D eigenvalue weighted by Gasteiger charge is 2.34. The molecule has 1 amide bonds. The summed E-state index contributed by atoms with van der Waals surface area (Å²) in [5, 5.41) is 11.6. The standard InChI is InChI=1S/C25H24F2N4O6S/c1-14(32)28-15-2-6-17(7-3-15)38(36,37)30-10-8-29(9-11-30)23-20(26)12-18-22(21(23)27)31(16-4-5-16)13-19(24(18)33)25(34)35/h2-3,6-7,12-13,16H,4-5,8-11H2,1H3,(H,28,32)(H,34,35). The Balaban J connectivity index is 1.43. The number of anilines is 2. The van der Waals surface area contributed by atoms with Gasteiger partial charge in [0, 0.05) is 51.0 Å². The van der Waals surface area contributed by atoms with Gasteiger partial charge in [0.15, 0.2) is 5.82 Å². The van der Waals surface area contributed by atoms with Gasteiger partial charge in [-0.2, -0.15) is 4.31 Å². The van der Waals surface area contributed by atoms with Crippen molar-refractivity contribution in [1.29, 1.82) is 0 Å². The van der Waals surface area contributed by atoms with Crippen LogP contribution in [0.25, 0.3) is 10.9 Å². The van der Waals surface area contributed by atoms with Crippen LogP contribution in [0.4, 0.5) is 20.2 Å². The number of hydrogen-bond acceptors (Lipinski definition) is 6. The number of nitrogens with one attached hydrogen (secondary N) is 1. The van der Waals surface area contributed by atoms with Gasteiger partial charge in [-0.25, -0.2) is 22.0 Å². The van der Waals surface area contributed by atoms with Gasteiger partial charge in [-0.05, 0) is 43.2 Å². The highest BCUT2D eigenvalue weighted by Crippen LogP contribution is 2.40. The molecule has 2 aromatic carbocycles. The van der Waals surface area contributed by atoms with E-state index in [2.05, 4.69) is 5.32 Å². The summed E-state index contributed by atoms with van der Waals surface area (Å²) < 4.78 is 59.9. The molecule has 0 atom stereocenters. The summed E-state index contributed by atoms with van der Waals surface area (Å²) in [6.07, 6.45) is 2.45. The van der Waals surface area contributed by atoms with Crippen LogP contribution in [0, 0.1) is 11.6 Å². The fourth-order valence-corrected chi connectivity index (χ4v) is 6.15. The van der Waals surface area contributed by atoms with Crippen LogP contribution in [0.1, 0.15) is 36.2 Å². The van der Waals surface area contributed by atoms with Gasteiger partial charge in [0.2, 0.25) is 21.4 Å². The van der Waals surface area contributed by atoms with E-state index in [4.69, 9.17) is 0 Å². The lowest BCUT2D eigenvalue weighted by Crippen LogP contribution is -2.49. The first kappa shape index (κ1) is 25.8. The average molecular weight is 547 g/mol. The summed E-state index contributed by atoms with van der Waals surface area (Å²) in [5.41, 5.74) is -1.61. The van der Waals surface area contributed by atoms with Gasteiger partial charge >= 0.3 is 5.97 Å². The monoisotopic (exact) mass is 546 g/mol. The lowest BCUT2D eigenvalue weighted by Gasteiger charge is -2.35. The number of sulfonamides is 1. The molecule has 13 heteroatoms. The third kappa shape index (κ3) is 4.52. The number of hydrogen-bond donors (Lipinski definition) is 2. The zero-order valence-electron chi connectivity index (χ0n) is 20.3. The summed E-state index contributed by atoms with van der Waals surface area (Å²) in [7, 11) is -3.89. The quantitative estimate of drug-likeness (QED) is 0.487. The lowest BCUT2D eigenvalue weighted by molar-refractivity contribution is -0.114. The van der Waals surface area contributed by atoms with E-state index in [0.717, 1.165) is 12.3 Å². The number of aromatic nitrogens is 1. The van der Waals surface area contributed by atoms with Crippen LogP contribution in [-0.4, -0.2) is 60.5 Å². The number of pyridine rings is 1. The molecule has 2 aliphatic rings. The Labute approximate surface area is 216 Å². The number of carbonyl (C=O) groups is 2. The van der Waals surface area contributed by atoms with Gasteiger partial charge in [0.05, 0.1) is 15.8 Å². The normalized spacial score (nSPS) is 16.6. The highest BCUT2D eigenvalue weighted by atomic mass is 32.2. The van der Waals surface area contributed by atoms with Crippen LogP contribution in [0.3, 0.4) is 0 Å². The number of aromatic carboxylic acids is 1. The Kier molecular flexibility index (Phi) is 6.43. The van der Waals surface area contributed by atoms with Crippen molar-refractivity contribution in [3.8, 4) is 0 Å². The van der Waals surface area contributed by atoms with E-state index >= 15 is 8.78 Å². The molecule has 5 rings (SSSR count). The van der Waals surface area contributed by atoms with E-state index in [1.54, 1.807) is 0 Å². The molecular formula is C25H24F2N4O6S. The molecule has 1 aromatic heterocycles. The van der Waals surface area contributed by atoms with Crippen molar-refractivity contribution in [3.63, 3.8) is 0 Å². The van der Waals surface area contributed by atoms with E-state index in [1.165, 1.54) is 45.0 Å². The van der Waals surface area contributed by atoms with Crippen molar-refractivity contribution in [3.05, 3.63) is 63.9 Å². The Morgan fingerprint density at radius 3 is 2.24 bits per heavy atom. The number of amides is 1. The largest absolute Gasteiger partial charge is 0.477 e. The zero-order valence-corrected chi connectivity index (χ0v) is 21.1. The Hall–Kier alpha value is -3.84. The minimum absolute atomic E-state index is 0.0105.